The van der Waals surface area contributed by atoms with Crippen LogP contribution in [0.1, 0.15) is 26.6 Å². The molecule has 100 valence electrons. The van der Waals surface area contributed by atoms with Gasteiger partial charge in [-0.25, -0.2) is 9.78 Å². The zero-order valence-corrected chi connectivity index (χ0v) is 11.8. The minimum absolute atomic E-state index is 0.228. The molecule has 0 aliphatic carbocycles. The third-order valence-electron chi connectivity index (χ3n) is 2.79. The van der Waals surface area contributed by atoms with E-state index in [4.69, 9.17) is 5.73 Å². The fourth-order valence-electron chi connectivity index (χ4n) is 1.85. The molecule has 0 atom stereocenters. The van der Waals surface area contributed by atoms with Crippen molar-refractivity contribution in [1.82, 2.24) is 4.98 Å². The second-order valence-electron chi connectivity index (χ2n) is 4.30. The third kappa shape index (κ3) is 3.32. The fraction of sp³-hybridized carbons (Fsp3) is 0.286. The summed E-state index contributed by atoms with van der Waals surface area (Å²) < 4.78 is 4.63. The molecule has 0 bridgehead atoms. The average molecular weight is 276 g/mol. The van der Waals surface area contributed by atoms with Crippen molar-refractivity contribution in [3.63, 3.8) is 0 Å². The molecule has 2 rings (SSSR count). The summed E-state index contributed by atoms with van der Waals surface area (Å²) in [5.41, 5.74) is 8.49. The number of nitrogen functional groups attached to an aromatic ring is 1. The Labute approximate surface area is 116 Å². The second-order valence-corrected chi connectivity index (χ2v) is 5.42. The highest BCUT2D eigenvalue weighted by Crippen LogP contribution is 2.23. The maximum atomic E-state index is 11.4. The van der Waals surface area contributed by atoms with Crippen LogP contribution in [0.15, 0.2) is 24.3 Å². The number of rotatable bonds is 4. The van der Waals surface area contributed by atoms with Gasteiger partial charge in [0.25, 0.3) is 0 Å². The second kappa shape index (κ2) is 5.84. The van der Waals surface area contributed by atoms with Gasteiger partial charge < -0.3 is 10.5 Å². The summed E-state index contributed by atoms with van der Waals surface area (Å²) in [5, 5.41) is 1.28. The molecule has 1 aromatic carbocycles. The van der Waals surface area contributed by atoms with Gasteiger partial charge in [0.05, 0.1) is 12.1 Å². The predicted octanol–water partition coefficient (Wildman–Crippen LogP) is 2.61. The van der Waals surface area contributed by atoms with Crippen molar-refractivity contribution >= 4 is 22.3 Å². The molecule has 0 saturated carbocycles. The number of carbonyl (C=O) groups is 1. The van der Waals surface area contributed by atoms with Gasteiger partial charge in [0, 0.05) is 6.42 Å². The van der Waals surface area contributed by atoms with E-state index in [0.717, 1.165) is 17.8 Å². The van der Waals surface area contributed by atoms with E-state index in [-0.39, 0.29) is 5.69 Å². The molecule has 2 N–H and O–H groups in total. The molecule has 1 aromatic heterocycles. The fourth-order valence-corrected chi connectivity index (χ4v) is 2.67. The summed E-state index contributed by atoms with van der Waals surface area (Å²) in [5.74, 6) is -0.476. The molecule has 0 unspecified atom stereocenters. The summed E-state index contributed by atoms with van der Waals surface area (Å²) in [6.45, 7) is 2.07. The molecule has 2 aromatic rings. The summed E-state index contributed by atoms with van der Waals surface area (Å²) in [6.07, 6.45) is 1.66. The summed E-state index contributed by atoms with van der Waals surface area (Å²) >= 11 is 1.35. The Kier molecular flexibility index (Phi) is 4.16. The van der Waals surface area contributed by atoms with E-state index >= 15 is 0 Å². The Morgan fingerprint density at radius 2 is 2.21 bits per heavy atom. The molecule has 0 amide bonds. The van der Waals surface area contributed by atoms with Crippen molar-refractivity contribution in [2.45, 2.75) is 19.8 Å². The molecule has 0 aliphatic rings. The number of anilines is 1. The molecule has 19 heavy (non-hydrogen) atoms. The van der Waals surface area contributed by atoms with Crippen LogP contribution in [0.5, 0.6) is 0 Å². The normalized spacial score (nSPS) is 10.4. The van der Waals surface area contributed by atoms with Crippen molar-refractivity contribution in [2.75, 3.05) is 12.8 Å². The van der Waals surface area contributed by atoms with Gasteiger partial charge in [-0.3, -0.25) is 0 Å². The largest absolute Gasteiger partial charge is 0.464 e. The Morgan fingerprint density at radius 1 is 1.42 bits per heavy atom. The van der Waals surface area contributed by atoms with Crippen LogP contribution >= 0.6 is 11.3 Å². The number of esters is 1. The van der Waals surface area contributed by atoms with Crippen LogP contribution in [0.2, 0.25) is 0 Å². The summed E-state index contributed by atoms with van der Waals surface area (Å²) in [6, 6.07) is 8.35. The van der Waals surface area contributed by atoms with Crippen LogP contribution in [-0.2, 0) is 17.6 Å². The van der Waals surface area contributed by atoms with Crippen LogP contribution in [-0.4, -0.2) is 18.1 Å². The number of ether oxygens (including phenoxy) is 1. The van der Waals surface area contributed by atoms with Crippen molar-refractivity contribution in [3.8, 4) is 0 Å². The minimum Gasteiger partial charge on any atom is -0.464 e. The number of methoxy groups -OCH3 is 1. The first-order chi connectivity index (χ1) is 9.10. The number of aromatic nitrogens is 1. The molecular formula is C14H16N2O2S. The van der Waals surface area contributed by atoms with Gasteiger partial charge in [-0.2, -0.15) is 0 Å². The standard InChI is InChI=1S/C14H16N2O2S/c1-9-4-3-5-10(8-9)6-7-11-16-12(13(15)19-11)14(17)18-2/h3-5,8H,6-7,15H2,1-2H3. The molecule has 0 aliphatic heterocycles. The zero-order chi connectivity index (χ0) is 13.8. The van der Waals surface area contributed by atoms with Gasteiger partial charge in [0.15, 0.2) is 5.69 Å². The van der Waals surface area contributed by atoms with Crippen molar-refractivity contribution in [3.05, 3.63) is 46.1 Å². The van der Waals surface area contributed by atoms with E-state index < -0.39 is 5.97 Å². The highest BCUT2D eigenvalue weighted by atomic mass is 32.1. The third-order valence-corrected chi connectivity index (χ3v) is 3.73. The molecule has 0 radical (unpaired) electrons. The number of aryl methyl sites for hydroxylation is 3. The van der Waals surface area contributed by atoms with Gasteiger partial charge in [-0.15, -0.1) is 11.3 Å². The number of hydrogen-bond donors (Lipinski definition) is 1. The topological polar surface area (TPSA) is 65.2 Å². The lowest BCUT2D eigenvalue weighted by atomic mass is 10.1. The Morgan fingerprint density at radius 3 is 2.89 bits per heavy atom. The first-order valence-electron chi connectivity index (χ1n) is 5.99. The molecular weight excluding hydrogens is 260 g/mol. The Bertz CT molecular complexity index is 593. The Hall–Kier alpha value is -1.88. The highest BCUT2D eigenvalue weighted by Gasteiger charge is 2.16. The van der Waals surface area contributed by atoms with Crippen LogP contribution < -0.4 is 5.73 Å². The molecule has 0 fully saturated rings. The van der Waals surface area contributed by atoms with E-state index in [1.807, 2.05) is 6.07 Å². The lowest BCUT2D eigenvalue weighted by molar-refractivity contribution is 0.0596. The molecule has 0 saturated heterocycles. The number of nitrogens with zero attached hydrogens (tertiary/aromatic N) is 1. The first-order valence-corrected chi connectivity index (χ1v) is 6.81. The van der Waals surface area contributed by atoms with E-state index in [0.29, 0.717) is 5.00 Å². The average Bonchev–Trinajstić information content (AvgIpc) is 2.77. The highest BCUT2D eigenvalue weighted by molar-refractivity contribution is 7.15. The molecule has 4 nitrogen and oxygen atoms in total. The molecule has 5 heteroatoms. The number of thiazole rings is 1. The van der Waals surface area contributed by atoms with E-state index in [1.54, 1.807) is 0 Å². The van der Waals surface area contributed by atoms with Gasteiger partial charge >= 0.3 is 5.97 Å². The van der Waals surface area contributed by atoms with Crippen LogP contribution in [0, 0.1) is 6.92 Å². The predicted molar refractivity (Wildman–Crippen MR) is 76.5 cm³/mol. The van der Waals surface area contributed by atoms with Crippen LogP contribution in [0.4, 0.5) is 5.00 Å². The number of carbonyl (C=O) groups excluding carboxylic acids is 1. The van der Waals surface area contributed by atoms with E-state index in [1.165, 1.54) is 29.6 Å². The number of nitrogens with two attached hydrogens (primary N) is 1. The SMILES string of the molecule is COC(=O)c1nc(CCc2cccc(C)c2)sc1N. The van der Waals surface area contributed by atoms with Crippen molar-refractivity contribution in [1.29, 1.82) is 0 Å². The maximum absolute atomic E-state index is 11.4. The van der Waals surface area contributed by atoms with Gasteiger partial charge in [0.2, 0.25) is 0 Å². The Balaban J connectivity index is 2.06. The lowest BCUT2D eigenvalue weighted by Crippen LogP contribution is -2.04. The quantitative estimate of drug-likeness (QED) is 0.872. The molecule has 0 spiro atoms. The van der Waals surface area contributed by atoms with Crippen LogP contribution in [0.25, 0.3) is 0 Å². The summed E-state index contributed by atoms with van der Waals surface area (Å²) in [4.78, 5) is 15.6. The summed E-state index contributed by atoms with van der Waals surface area (Å²) in [7, 11) is 1.33. The smallest absolute Gasteiger partial charge is 0.359 e. The maximum Gasteiger partial charge on any atom is 0.359 e. The molecule has 1 heterocycles. The van der Waals surface area contributed by atoms with Crippen molar-refractivity contribution < 1.29 is 9.53 Å². The number of benzene rings is 1. The van der Waals surface area contributed by atoms with Gasteiger partial charge in [-0.05, 0) is 18.9 Å². The van der Waals surface area contributed by atoms with E-state index in [9.17, 15) is 4.79 Å². The van der Waals surface area contributed by atoms with Crippen LogP contribution in [0.3, 0.4) is 0 Å². The van der Waals surface area contributed by atoms with Crippen molar-refractivity contribution in [2.24, 2.45) is 0 Å². The van der Waals surface area contributed by atoms with Gasteiger partial charge in [0.1, 0.15) is 5.00 Å². The number of hydrogen-bond acceptors (Lipinski definition) is 5. The first kappa shape index (κ1) is 13.5. The van der Waals surface area contributed by atoms with Gasteiger partial charge in [-0.1, -0.05) is 29.8 Å². The zero-order valence-electron chi connectivity index (χ0n) is 11.0. The minimum atomic E-state index is -0.476. The monoisotopic (exact) mass is 276 g/mol. The van der Waals surface area contributed by atoms with E-state index in [2.05, 4.69) is 34.8 Å². The lowest BCUT2D eigenvalue weighted by Gasteiger charge is -2.00.